The molecule has 2 rings (SSSR count). The summed E-state index contributed by atoms with van der Waals surface area (Å²) in [6.45, 7) is 2.00. The van der Waals surface area contributed by atoms with E-state index in [1.807, 2.05) is 6.92 Å². The van der Waals surface area contributed by atoms with Crippen molar-refractivity contribution in [3.63, 3.8) is 0 Å². The Morgan fingerprint density at radius 2 is 2.05 bits per heavy atom. The summed E-state index contributed by atoms with van der Waals surface area (Å²) in [6.07, 6.45) is 2.83. The molecule has 3 nitrogen and oxygen atoms in total. The number of benzene rings is 1. The first-order valence-corrected chi connectivity index (χ1v) is 7.39. The predicted octanol–water partition coefficient (Wildman–Crippen LogP) is 5.43. The molecule has 0 saturated heterocycles. The van der Waals surface area contributed by atoms with Crippen molar-refractivity contribution in [1.29, 1.82) is 0 Å². The maximum absolute atomic E-state index is 13.5. The van der Waals surface area contributed by atoms with E-state index in [9.17, 15) is 4.39 Å². The summed E-state index contributed by atoms with van der Waals surface area (Å²) >= 11 is 15.0. The van der Waals surface area contributed by atoms with Crippen molar-refractivity contribution in [2.45, 2.75) is 19.8 Å². The quantitative estimate of drug-likeness (QED) is 0.524. The Kier molecular flexibility index (Phi) is 5.18. The molecule has 1 aromatic heterocycles. The first kappa shape index (κ1) is 15.5. The van der Waals surface area contributed by atoms with E-state index in [4.69, 9.17) is 27.9 Å². The Labute approximate surface area is 134 Å². The Hall–Kier alpha value is -0.910. The molecule has 0 unspecified atom stereocenters. The van der Waals surface area contributed by atoms with E-state index in [0.717, 1.165) is 6.42 Å². The van der Waals surface area contributed by atoms with Gasteiger partial charge in [0.2, 0.25) is 5.88 Å². The van der Waals surface area contributed by atoms with E-state index in [-0.39, 0.29) is 10.8 Å². The highest BCUT2D eigenvalue weighted by atomic mass is 79.9. The van der Waals surface area contributed by atoms with Gasteiger partial charge in [-0.25, -0.2) is 14.4 Å². The minimum Gasteiger partial charge on any atom is -0.437 e. The normalized spacial score (nSPS) is 10.7. The van der Waals surface area contributed by atoms with E-state index in [1.165, 1.54) is 18.5 Å². The van der Waals surface area contributed by atoms with Gasteiger partial charge in [0.15, 0.2) is 0 Å². The van der Waals surface area contributed by atoms with E-state index in [2.05, 4.69) is 25.9 Å². The van der Waals surface area contributed by atoms with Crippen molar-refractivity contribution in [1.82, 2.24) is 9.97 Å². The molecule has 0 radical (unpaired) electrons. The molecule has 0 bridgehead atoms. The molecule has 2 aromatic rings. The van der Waals surface area contributed by atoms with Gasteiger partial charge in [0.25, 0.3) is 0 Å². The van der Waals surface area contributed by atoms with Crippen LogP contribution in [0.3, 0.4) is 0 Å². The van der Waals surface area contributed by atoms with Crippen LogP contribution in [0, 0.1) is 5.82 Å². The van der Waals surface area contributed by atoms with Crippen molar-refractivity contribution >= 4 is 39.1 Å². The Bertz CT molecular complexity index is 640. The lowest BCUT2D eigenvalue weighted by Crippen LogP contribution is -1.98. The van der Waals surface area contributed by atoms with Gasteiger partial charge in [-0.05, 0) is 28.4 Å². The molecule has 0 aliphatic rings. The largest absolute Gasteiger partial charge is 0.437 e. The zero-order chi connectivity index (χ0) is 14.7. The van der Waals surface area contributed by atoms with Gasteiger partial charge in [-0.2, -0.15) is 0 Å². The molecule has 0 aliphatic carbocycles. The first-order valence-electron chi connectivity index (χ1n) is 5.84. The van der Waals surface area contributed by atoms with Crippen LogP contribution in [0.4, 0.5) is 4.39 Å². The summed E-state index contributed by atoms with van der Waals surface area (Å²) < 4.78 is 19.7. The van der Waals surface area contributed by atoms with Gasteiger partial charge in [-0.3, -0.25) is 0 Å². The SMILES string of the molecule is CCCc1c(Cl)ncnc1Oc1cc(F)c(Cl)cc1Br. The maximum Gasteiger partial charge on any atom is 0.227 e. The van der Waals surface area contributed by atoms with Crippen LogP contribution in [0.5, 0.6) is 11.6 Å². The second-order valence-corrected chi connectivity index (χ2v) is 5.62. The third kappa shape index (κ3) is 3.40. The minimum absolute atomic E-state index is 0.0127. The van der Waals surface area contributed by atoms with Crippen molar-refractivity contribution in [2.75, 3.05) is 0 Å². The van der Waals surface area contributed by atoms with Gasteiger partial charge in [0.05, 0.1) is 15.1 Å². The number of hydrogen-bond donors (Lipinski definition) is 0. The Morgan fingerprint density at radius 3 is 2.75 bits per heavy atom. The summed E-state index contributed by atoms with van der Waals surface area (Å²) in [7, 11) is 0. The lowest BCUT2D eigenvalue weighted by atomic mass is 10.2. The van der Waals surface area contributed by atoms with Gasteiger partial charge in [-0.15, -0.1) is 0 Å². The average Bonchev–Trinajstić information content (AvgIpc) is 2.40. The van der Waals surface area contributed by atoms with Crippen LogP contribution in [0.15, 0.2) is 22.9 Å². The van der Waals surface area contributed by atoms with Crippen molar-refractivity contribution < 1.29 is 9.13 Å². The third-order valence-corrected chi connectivity index (χ3v) is 3.77. The van der Waals surface area contributed by atoms with Crippen LogP contribution >= 0.6 is 39.1 Å². The molecule has 1 aromatic carbocycles. The number of ether oxygens (including phenoxy) is 1. The Balaban J connectivity index is 2.40. The fourth-order valence-electron chi connectivity index (χ4n) is 1.61. The second-order valence-electron chi connectivity index (χ2n) is 4.00. The standard InChI is InChI=1S/C13H10BrCl2FN2O/c1-2-3-7-12(16)18-6-19-13(7)20-11-5-10(17)9(15)4-8(11)14/h4-6H,2-3H2,1H3. The van der Waals surface area contributed by atoms with Crippen LogP contribution in [-0.4, -0.2) is 9.97 Å². The van der Waals surface area contributed by atoms with E-state index < -0.39 is 5.82 Å². The smallest absolute Gasteiger partial charge is 0.227 e. The lowest BCUT2D eigenvalue weighted by Gasteiger charge is -2.11. The monoisotopic (exact) mass is 378 g/mol. The summed E-state index contributed by atoms with van der Waals surface area (Å²) in [6, 6.07) is 2.62. The second kappa shape index (κ2) is 6.70. The summed E-state index contributed by atoms with van der Waals surface area (Å²) in [5.74, 6) is 0.0235. The molecule has 0 spiro atoms. The van der Waals surface area contributed by atoms with Crippen molar-refractivity contribution in [2.24, 2.45) is 0 Å². The molecule has 0 saturated carbocycles. The molecule has 1 heterocycles. The molecule has 0 amide bonds. The van der Waals surface area contributed by atoms with Gasteiger partial charge < -0.3 is 4.74 Å². The molecule has 0 atom stereocenters. The first-order chi connectivity index (χ1) is 9.52. The van der Waals surface area contributed by atoms with Crippen molar-refractivity contribution in [3.8, 4) is 11.6 Å². The Morgan fingerprint density at radius 1 is 1.30 bits per heavy atom. The van der Waals surface area contributed by atoms with E-state index in [1.54, 1.807) is 0 Å². The molecule has 0 aliphatic heterocycles. The van der Waals surface area contributed by atoms with Gasteiger partial charge in [0, 0.05) is 6.07 Å². The van der Waals surface area contributed by atoms with Crippen LogP contribution in [-0.2, 0) is 6.42 Å². The molecule has 7 heteroatoms. The third-order valence-electron chi connectivity index (χ3n) is 2.53. The fourth-order valence-corrected chi connectivity index (χ4v) is 2.55. The topological polar surface area (TPSA) is 35.0 Å². The van der Waals surface area contributed by atoms with Gasteiger partial charge in [0.1, 0.15) is 23.0 Å². The fraction of sp³-hybridized carbons (Fsp3) is 0.231. The molecule has 106 valence electrons. The van der Waals surface area contributed by atoms with Gasteiger partial charge in [-0.1, -0.05) is 36.5 Å². The molecule has 20 heavy (non-hydrogen) atoms. The summed E-state index contributed by atoms with van der Waals surface area (Å²) in [4.78, 5) is 7.97. The highest BCUT2D eigenvalue weighted by molar-refractivity contribution is 9.10. The molecular formula is C13H10BrCl2FN2O. The van der Waals surface area contributed by atoms with E-state index in [0.29, 0.717) is 27.5 Å². The summed E-state index contributed by atoms with van der Waals surface area (Å²) in [5, 5.41) is 0.348. The number of aromatic nitrogens is 2. The molecular weight excluding hydrogens is 370 g/mol. The van der Waals surface area contributed by atoms with Gasteiger partial charge >= 0.3 is 0 Å². The van der Waals surface area contributed by atoms with Crippen LogP contribution in [0.2, 0.25) is 10.2 Å². The minimum atomic E-state index is -0.568. The predicted molar refractivity (Wildman–Crippen MR) is 80.2 cm³/mol. The van der Waals surface area contributed by atoms with E-state index >= 15 is 0 Å². The van der Waals surface area contributed by atoms with Crippen LogP contribution < -0.4 is 4.74 Å². The molecule has 0 N–H and O–H groups in total. The average molecular weight is 380 g/mol. The lowest BCUT2D eigenvalue weighted by molar-refractivity contribution is 0.447. The highest BCUT2D eigenvalue weighted by Gasteiger charge is 2.14. The van der Waals surface area contributed by atoms with Crippen LogP contribution in [0.25, 0.3) is 0 Å². The maximum atomic E-state index is 13.5. The number of halogens is 4. The number of nitrogens with zero attached hydrogens (tertiary/aromatic N) is 2. The van der Waals surface area contributed by atoms with Crippen LogP contribution in [0.1, 0.15) is 18.9 Å². The highest BCUT2D eigenvalue weighted by Crippen LogP contribution is 2.35. The zero-order valence-electron chi connectivity index (χ0n) is 10.5. The molecule has 0 fully saturated rings. The number of rotatable bonds is 4. The van der Waals surface area contributed by atoms with Crippen molar-refractivity contribution in [3.05, 3.63) is 44.5 Å². The number of hydrogen-bond acceptors (Lipinski definition) is 3. The zero-order valence-corrected chi connectivity index (χ0v) is 13.6. The summed E-state index contributed by atoms with van der Waals surface area (Å²) in [5.41, 5.74) is 0.693.